The normalized spacial score (nSPS) is 12.1. The van der Waals surface area contributed by atoms with E-state index in [1.165, 1.54) is 17.7 Å². The van der Waals surface area contributed by atoms with Gasteiger partial charge >= 0.3 is 6.03 Å². The van der Waals surface area contributed by atoms with Crippen LogP contribution in [0.25, 0.3) is 0 Å². The Hall–Kier alpha value is -1.92. The molecule has 0 fully saturated rings. The zero-order chi connectivity index (χ0) is 17.7. The van der Waals surface area contributed by atoms with Crippen molar-refractivity contribution in [2.45, 2.75) is 13.0 Å². The Morgan fingerprint density at radius 3 is 2.46 bits per heavy atom. The predicted molar refractivity (Wildman–Crippen MR) is 98.7 cm³/mol. The summed E-state index contributed by atoms with van der Waals surface area (Å²) in [5, 5.41) is 5.33. The average molecular weight is 394 g/mol. The largest absolute Gasteiger partial charge is 0.336 e. The van der Waals surface area contributed by atoms with Gasteiger partial charge in [-0.05, 0) is 44.8 Å². The molecule has 1 atom stereocenters. The summed E-state index contributed by atoms with van der Waals surface area (Å²) in [6, 6.07) is 12.3. The Kier molecular flexibility index (Phi) is 6.34. The average Bonchev–Trinajstić information content (AvgIpc) is 2.52. The summed E-state index contributed by atoms with van der Waals surface area (Å²) in [7, 11) is 3.91. The van der Waals surface area contributed by atoms with Gasteiger partial charge < -0.3 is 15.5 Å². The maximum atomic E-state index is 13.8. The first-order valence-corrected chi connectivity index (χ1v) is 8.39. The molecule has 0 bridgehead atoms. The van der Waals surface area contributed by atoms with Crippen LogP contribution >= 0.6 is 15.9 Å². The number of anilines is 1. The van der Waals surface area contributed by atoms with E-state index in [4.69, 9.17) is 0 Å². The minimum Gasteiger partial charge on any atom is -0.336 e. The molecule has 2 aromatic rings. The number of halogens is 2. The highest BCUT2D eigenvalue weighted by Crippen LogP contribution is 2.20. The zero-order valence-corrected chi connectivity index (χ0v) is 15.5. The number of carbonyl (C=O) groups excluding carboxylic acids is 1. The number of carbonyl (C=O) groups is 1. The molecule has 128 valence electrons. The molecule has 2 aromatic carbocycles. The molecule has 0 aliphatic rings. The molecule has 0 aliphatic heterocycles. The number of amides is 2. The number of benzene rings is 2. The van der Waals surface area contributed by atoms with Gasteiger partial charge in [0.15, 0.2) is 0 Å². The molecule has 0 heterocycles. The first-order valence-electron chi connectivity index (χ1n) is 7.59. The van der Waals surface area contributed by atoms with Gasteiger partial charge in [0.2, 0.25) is 0 Å². The maximum absolute atomic E-state index is 13.8. The minimum absolute atomic E-state index is 0.0334. The maximum Gasteiger partial charge on any atom is 0.319 e. The van der Waals surface area contributed by atoms with Gasteiger partial charge in [0.25, 0.3) is 0 Å². The van der Waals surface area contributed by atoms with Crippen LogP contribution in [0.2, 0.25) is 0 Å². The lowest BCUT2D eigenvalue weighted by molar-refractivity contribution is 0.243. The van der Waals surface area contributed by atoms with Crippen molar-refractivity contribution in [3.8, 4) is 0 Å². The van der Waals surface area contributed by atoms with E-state index < -0.39 is 11.8 Å². The molecule has 0 saturated carbocycles. The van der Waals surface area contributed by atoms with E-state index in [0.717, 1.165) is 5.56 Å². The molecule has 0 radical (unpaired) electrons. The highest BCUT2D eigenvalue weighted by Gasteiger charge is 2.15. The van der Waals surface area contributed by atoms with Crippen molar-refractivity contribution < 1.29 is 9.18 Å². The highest BCUT2D eigenvalue weighted by molar-refractivity contribution is 9.10. The van der Waals surface area contributed by atoms with Crippen molar-refractivity contribution in [3.05, 3.63) is 63.9 Å². The van der Waals surface area contributed by atoms with Gasteiger partial charge in [0.1, 0.15) is 5.82 Å². The lowest BCUT2D eigenvalue weighted by atomic mass is 10.0. The second-order valence-electron chi connectivity index (χ2n) is 5.85. The third-order valence-electron chi connectivity index (χ3n) is 3.72. The van der Waals surface area contributed by atoms with Crippen LogP contribution in [0.5, 0.6) is 0 Å². The molecule has 2 amide bonds. The zero-order valence-electron chi connectivity index (χ0n) is 13.9. The van der Waals surface area contributed by atoms with Gasteiger partial charge in [-0.15, -0.1) is 0 Å². The van der Waals surface area contributed by atoms with Gasteiger partial charge in [0.05, 0.1) is 11.7 Å². The fourth-order valence-electron chi connectivity index (χ4n) is 2.33. The van der Waals surface area contributed by atoms with E-state index >= 15 is 0 Å². The Morgan fingerprint density at radius 1 is 1.21 bits per heavy atom. The standard InChI is InChI=1S/C18H21BrFN3O/c1-12-4-6-13(7-5-12)17(23(2)3)11-21-18(24)22-16-9-8-14(19)10-15(16)20/h4-10,17H,11H2,1-3H3,(H2,21,22,24). The van der Waals surface area contributed by atoms with E-state index in [9.17, 15) is 9.18 Å². The van der Waals surface area contributed by atoms with E-state index in [1.54, 1.807) is 6.07 Å². The van der Waals surface area contributed by atoms with Crippen molar-refractivity contribution in [2.24, 2.45) is 0 Å². The Balaban J connectivity index is 1.98. The number of likely N-dealkylation sites (N-methyl/N-ethyl adjacent to an activating group) is 1. The third kappa shape index (κ3) is 5.04. The highest BCUT2D eigenvalue weighted by atomic mass is 79.9. The SMILES string of the molecule is Cc1ccc(C(CNC(=O)Nc2ccc(Br)cc2F)N(C)C)cc1. The lowest BCUT2D eigenvalue weighted by Gasteiger charge is -2.25. The van der Waals surface area contributed by atoms with Crippen LogP contribution in [0.3, 0.4) is 0 Å². The van der Waals surface area contributed by atoms with E-state index in [2.05, 4.69) is 26.6 Å². The number of hydrogen-bond donors (Lipinski definition) is 2. The van der Waals surface area contributed by atoms with Crippen LogP contribution in [-0.2, 0) is 0 Å². The van der Waals surface area contributed by atoms with Crippen LogP contribution in [0, 0.1) is 12.7 Å². The molecule has 6 heteroatoms. The summed E-state index contributed by atoms with van der Waals surface area (Å²) in [6.45, 7) is 2.45. The van der Waals surface area contributed by atoms with Crippen molar-refractivity contribution in [1.82, 2.24) is 10.2 Å². The Morgan fingerprint density at radius 2 is 1.88 bits per heavy atom. The quantitative estimate of drug-likeness (QED) is 0.794. The Labute approximate surface area is 150 Å². The van der Waals surface area contributed by atoms with Crippen molar-refractivity contribution >= 4 is 27.6 Å². The summed E-state index contributed by atoms with van der Waals surface area (Å²) in [6.07, 6.45) is 0. The number of hydrogen-bond acceptors (Lipinski definition) is 2. The first-order chi connectivity index (χ1) is 11.4. The van der Waals surface area contributed by atoms with Crippen LogP contribution < -0.4 is 10.6 Å². The fraction of sp³-hybridized carbons (Fsp3) is 0.278. The number of rotatable bonds is 5. The molecule has 4 nitrogen and oxygen atoms in total. The second kappa shape index (κ2) is 8.26. The number of urea groups is 1. The van der Waals surface area contributed by atoms with Gasteiger partial charge in [-0.1, -0.05) is 45.8 Å². The molecule has 1 unspecified atom stereocenters. The van der Waals surface area contributed by atoms with Crippen LogP contribution in [0.1, 0.15) is 17.2 Å². The number of nitrogens with one attached hydrogen (secondary N) is 2. The molecule has 2 rings (SSSR count). The molecular formula is C18H21BrFN3O. The minimum atomic E-state index is -0.484. The molecule has 0 aromatic heterocycles. The number of aryl methyl sites for hydroxylation is 1. The molecule has 0 spiro atoms. The first kappa shape index (κ1) is 18.4. The summed E-state index contributed by atoms with van der Waals surface area (Å²) in [4.78, 5) is 14.1. The molecular weight excluding hydrogens is 373 g/mol. The monoisotopic (exact) mass is 393 g/mol. The topological polar surface area (TPSA) is 44.4 Å². The van der Waals surface area contributed by atoms with Crippen LogP contribution in [0.4, 0.5) is 14.9 Å². The van der Waals surface area contributed by atoms with E-state index in [-0.39, 0.29) is 11.7 Å². The molecule has 2 N–H and O–H groups in total. The van der Waals surface area contributed by atoms with Gasteiger partial charge in [-0.2, -0.15) is 0 Å². The third-order valence-corrected chi connectivity index (χ3v) is 4.21. The molecule has 0 aliphatic carbocycles. The van der Waals surface area contributed by atoms with Crippen molar-refractivity contribution in [1.29, 1.82) is 0 Å². The smallest absolute Gasteiger partial charge is 0.319 e. The van der Waals surface area contributed by atoms with Gasteiger partial charge in [-0.3, -0.25) is 0 Å². The van der Waals surface area contributed by atoms with Crippen molar-refractivity contribution in [2.75, 3.05) is 26.0 Å². The lowest BCUT2D eigenvalue weighted by Crippen LogP contribution is -2.37. The summed E-state index contributed by atoms with van der Waals surface area (Å²) < 4.78 is 14.4. The van der Waals surface area contributed by atoms with Crippen LogP contribution in [0.15, 0.2) is 46.9 Å². The van der Waals surface area contributed by atoms with E-state index in [1.807, 2.05) is 50.2 Å². The number of nitrogens with zero attached hydrogens (tertiary/aromatic N) is 1. The van der Waals surface area contributed by atoms with Crippen LogP contribution in [-0.4, -0.2) is 31.6 Å². The molecule has 24 heavy (non-hydrogen) atoms. The summed E-state index contributed by atoms with van der Waals surface area (Å²) in [5.41, 5.74) is 2.45. The van der Waals surface area contributed by atoms with Gasteiger partial charge in [-0.25, -0.2) is 9.18 Å². The second-order valence-corrected chi connectivity index (χ2v) is 6.76. The van der Waals surface area contributed by atoms with Gasteiger partial charge in [0, 0.05) is 11.0 Å². The van der Waals surface area contributed by atoms with E-state index in [0.29, 0.717) is 11.0 Å². The summed E-state index contributed by atoms with van der Waals surface area (Å²) in [5.74, 6) is -0.484. The van der Waals surface area contributed by atoms with Crippen molar-refractivity contribution in [3.63, 3.8) is 0 Å². The fourth-order valence-corrected chi connectivity index (χ4v) is 2.67. The Bertz CT molecular complexity index is 704. The molecule has 0 saturated heterocycles. The summed E-state index contributed by atoms with van der Waals surface area (Å²) >= 11 is 3.19. The predicted octanol–water partition coefficient (Wildman–Crippen LogP) is 4.32.